The summed E-state index contributed by atoms with van der Waals surface area (Å²) in [5.74, 6) is 0.0191. The van der Waals surface area contributed by atoms with E-state index in [4.69, 9.17) is 4.18 Å². The molecule has 0 saturated carbocycles. The number of nitro benzene ring substituents is 1. The maximum Gasteiger partial charge on any atom is 0.346 e. The molecule has 0 aliphatic carbocycles. The molecule has 0 aliphatic heterocycles. The van der Waals surface area contributed by atoms with Crippen LogP contribution in [0.2, 0.25) is 0 Å². The molecule has 1 heterocycles. The van der Waals surface area contributed by atoms with E-state index in [2.05, 4.69) is 4.98 Å². The summed E-state index contributed by atoms with van der Waals surface area (Å²) in [7, 11) is -4.40. The van der Waals surface area contributed by atoms with Crippen LogP contribution in [0.3, 0.4) is 0 Å². The molecule has 0 atom stereocenters. The predicted molar refractivity (Wildman–Crippen MR) is 92.1 cm³/mol. The van der Waals surface area contributed by atoms with E-state index >= 15 is 0 Å². The minimum absolute atomic E-state index is 0.0191. The van der Waals surface area contributed by atoms with E-state index in [1.54, 1.807) is 38.1 Å². The van der Waals surface area contributed by atoms with Crippen LogP contribution in [0.5, 0.6) is 5.75 Å². The van der Waals surface area contributed by atoms with Gasteiger partial charge in [-0.3, -0.25) is 15.1 Å². The number of benzene rings is 2. The van der Waals surface area contributed by atoms with Crippen molar-refractivity contribution in [1.29, 1.82) is 0 Å². The monoisotopic (exact) mass is 358 g/mol. The van der Waals surface area contributed by atoms with E-state index < -0.39 is 25.6 Å². The molecule has 0 fully saturated rings. The van der Waals surface area contributed by atoms with Gasteiger partial charge in [-0.2, -0.15) is 8.42 Å². The molecule has 2 aromatic carbocycles. The zero-order chi connectivity index (χ0) is 18.2. The first-order valence-corrected chi connectivity index (χ1v) is 8.74. The number of pyridine rings is 1. The van der Waals surface area contributed by atoms with Crippen LogP contribution < -0.4 is 4.18 Å². The molecule has 3 rings (SSSR count). The number of rotatable bonds is 4. The van der Waals surface area contributed by atoms with Gasteiger partial charge in [-0.25, -0.2) is 0 Å². The van der Waals surface area contributed by atoms with Crippen molar-refractivity contribution in [2.24, 2.45) is 0 Å². The molecule has 0 spiro atoms. The number of nitrogens with zero attached hydrogens (tertiary/aromatic N) is 2. The van der Waals surface area contributed by atoms with Gasteiger partial charge >= 0.3 is 10.1 Å². The molecule has 0 amide bonds. The summed E-state index contributed by atoms with van der Waals surface area (Å²) in [6, 6.07) is 10.8. The predicted octanol–water partition coefficient (Wildman–Crippen LogP) is 3.53. The fourth-order valence-corrected chi connectivity index (χ4v) is 3.60. The number of hydrogen-bond donors (Lipinski definition) is 0. The Hall–Kier alpha value is -3.00. The number of fused-ring (bicyclic) bond motifs is 1. The Morgan fingerprint density at radius 2 is 1.76 bits per heavy atom. The second-order valence-corrected chi connectivity index (χ2v) is 7.04. The third-order valence-electron chi connectivity index (χ3n) is 3.84. The molecule has 0 saturated heterocycles. The second kappa shape index (κ2) is 6.14. The van der Waals surface area contributed by atoms with Crippen molar-refractivity contribution < 1.29 is 17.5 Å². The van der Waals surface area contributed by atoms with Gasteiger partial charge in [0.15, 0.2) is 10.6 Å². The topological polar surface area (TPSA) is 99.4 Å². The number of hydrogen-bond acceptors (Lipinski definition) is 6. The smallest absolute Gasteiger partial charge is 0.346 e. The molecule has 1 aromatic heterocycles. The lowest BCUT2D eigenvalue weighted by Crippen LogP contribution is -2.13. The average Bonchev–Trinajstić information content (AvgIpc) is 2.56. The molecular formula is C17H14N2O5S. The molecule has 0 bridgehead atoms. The van der Waals surface area contributed by atoms with Gasteiger partial charge in [0.25, 0.3) is 5.69 Å². The van der Waals surface area contributed by atoms with Crippen LogP contribution >= 0.6 is 0 Å². The van der Waals surface area contributed by atoms with Crippen molar-refractivity contribution in [1.82, 2.24) is 4.98 Å². The Morgan fingerprint density at radius 1 is 1.08 bits per heavy atom. The van der Waals surface area contributed by atoms with Crippen LogP contribution in [0, 0.1) is 24.0 Å². The summed E-state index contributed by atoms with van der Waals surface area (Å²) in [6.07, 6.45) is 1.51. The highest BCUT2D eigenvalue weighted by Crippen LogP contribution is 2.31. The van der Waals surface area contributed by atoms with E-state index in [1.807, 2.05) is 0 Å². The molecule has 128 valence electrons. The van der Waals surface area contributed by atoms with Gasteiger partial charge in [0.05, 0.1) is 4.92 Å². The first-order valence-electron chi connectivity index (χ1n) is 7.33. The maximum atomic E-state index is 12.7. The SMILES string of the molecule is Cc1cc([N+](=O)[O-])c(S(=O)(=O)Oc2cccc3cccnc23)cc1C. The van der Waals surface area contributed by atoms with Gasteiger partial charge in [0, 0.05) is 17.6 Å². The molecule has 0 aliphatic rings. The normalized spacial score (nSPS) is 11.4. The summed E-state index contributed by atoms with van der Waals surface area (Å²) in [5, 5.41) is 12.0. The van der Waals surface area contributed by atoms with E-state index in [-0.39, 0.29) is 5.75 Å². The zero-order valence-corrected chi connectivity index (χ0v) is 14.3. The van der Waals surface area contributed by atoms with Crippen LogP contribution in [0.25, 0.3) is 10.9 Å². The van der Waals surface area contributed by atoms with Crippen molar-refractivity contribution in [2.75, 3.05) is 0 Å². The second-order valence-electron chi connectivity index (χ2n) is 5.53. The molecule has 8 heteroatoms. The van der Waals surface area contributed by atoms with Crippen molar-refractivity contribution in [2.45, 2.75) is 18.7 Å². The Morgan fingerprint density at radius 3 is 2.48 bits per heavy atom. The number of aryl methyl sites for hydroxylation is 2. The van der Waals surface area contributed by atoms with Crippen molar-refractivity contribution in [3.8, 4) is 5.75 Å². The van der Waals surface area contributed by atoms with E-state index in [1.165, 1.54) is 24.4 Å². The third kappa shape index (κ3) is 3.16. The van der Waals surface area contributed by atoms with E-state index in [9.17, 15) is 18.5 Å². The Bertz CT molecular complexity index is 1090. The molecule has 7 nitrogen and oxygen atoms in total. The van der Waals surface area contributed by atoms with Crippen molar-refractivity contribution in [3.05, 3.63) is 69.9 Å². The van der Waals surface area contributed by atoms with Crippen molar-refractivity contribution in [3.63, 3.8) is 0 Å². The third-order valence-corrected chi connectivity index (χ3v) is 5.10. The average molecular weight is 358 g/mol. The highest BCUT2D eigenvalue weighted by molar-refractivity contribution is 7.87. The van der Waals surface area contributed by atoms with Crippen LogP contribution in [-0.2, 0) is 10.1 Å². The Labute approximate surface area is 144 Å². The Kier molecular flexibility index (Phi) is 4.13. The number of nitro groups is 1. The summed E-state index contributed by atoms with van der Waals surface area (Å²) in [4.78, 5) is 14.2. The largest absolute Gasteiger partial charge is 0.376 e. The van der Waals surface area contributed by atoms with Crippen LogP contribution in [0.4, 0.5) is 5.69 Å². The van der Waals surface area contributed by atoms with Gasteiger partial charge in [-0.1, -0.05) is 18.2 Å². The van der Waals surface area contributed by atoms with Gasteiger partial charge in [-0.15, -0.1) is 0 Å². The van der Waals surface area contributed by atoms with Gasteiger partial charge < -0.3 is 4.18 Å². The van der Waals surface area contributed by atoms with Crippen molar-refractivity contribution >= 4 is 26.7 Å². The molecule has 3 aromatic rings. The zero-order valence-electron chi connectivity index (χ0n) is 13.5. The quantitative estimate of drug-likeness (QED) is 0.402. The van der Waals surface area contributed by atoms with Gasteiger partial charge in [-0.05, 0) is 43.2 Å². The molecule has 0 radical (unpaired) electrons. The van der Waals surface area contributed by atoms with Crippen LogP contribution in [0.1, 0.15) is 11.1 Å². The lowest BCUT2D eigenvalue weighted by molar-refractivity contribution is -0.387. The van der Waals surface area contributed by atoms with Gasteiger partial charge in [0.1, 0.15) is 5.52 Å². The Balaban J connectivity index is 2.14. The summed E-state index contributed by atoms with van der Waals surface area (Å²) < 4.78 is 30.6. The summed E-state index contributed by atoms with van der Waals surface area (Å²) in [6.45, 7) is 3.35. The van der Waals surface area contributed by atoms with Crippen LogP contribution in [0.15, 0.2) is 53.6 Å². The van der Waals surface area contributed by atoms with E-state index in [0.717, 1.165) is 0 Å². The number of para-hydroxylation sites is 1. The minimum atomic E-state index is -4.40. The maximum absolute atomic E-state index is 12.7. The lowest BCUT2D eigenvalue weighted by atomic mass is 10.1. The van der Waals surface area contributed by atoms with Crippen LogP contribution in [-0.4, -0.2) is 18.3 Å². The van der Waals surface area contributed by atoms with E-state index in [0.29, 0.717) is 22.0 Å². The summed E-state index contributed by atoms with van der Waals surface area (Å²) in [5.41, 5.74) is 1.08. The highest BCUT2D eigenvalue weighted by Gasteiger charge is 2.29. The summed E-state index contributed by atoms with van der Waals surface area (Å²) >= 11 is 0. The fourth-order valence-electron chi connectivity index (χ4n) is 2.42. The first-order chi connectivity index (χ1) is 11.8. The molecular weight excluding hydrogens is 344 g/mol. The first kappa shape index (κ1) is 16.8. The lowest BCUT2D eigenvalue weighted by Gasteiger charge is -2.11. The minimum Gasteiger partial charge on any atom is -0.376 e. The highest BCUT2D eigenvalue weighted by atomic mass is 32.2. The molecule has 25 heavy (non-hydrogen) atoms. The molecule has 0 unspecified atom stereocenters. The molecule has 0 N–H and O–H groups in total. The standard InChI is InChI=1S/C17H14N2O5S/c1-11-9-14(19(20)21)16(10-12(11)2)25(22,23)24-15-7-3-5-13-6-4-8-18-17(13)15/h3-10H,1-2H3. The number of aromatic nitrogens is 1. The fraction of sp³-hybridized carbons (Fsp3) is 0.118. The van der Waals surface area contributed by atoms with Gasteiger partial charge in [0.2, 0.25) is 0 Å².